The molecule has 0 fully saturated rings. The predicted molar refractivity (Wildman–Crippen MR) is 102 cm³/mol. The van der Waals surface area contributed by atoms with Crippen molar-refractivity contribution < 1.29 is 23.7 Å². The Morgan fingerprint density at radius 2 is 1.86 bits per heavy atom. The Hall–Kier alpha value is -3.40. The highest BCUT2D eigenvalue weighted by Crippen LogP contribution is 2.38. The third-order valence-corrected chi connectivity index (χ3v) is 4.53. The molecule has 7 heteroatoms. The van der Waals surface area contributed by atoms with E-state index < -0.39 is 12.2 Å². The summed E-state index contributed by atoms with van der Waals surface area (Å²) in [5.41, 5.74) is 2.37. The summed E-state index contributed by atoms with van der Waals surface area (Å²) in [6.45, 7) is 2.80. The highest BCUT2D eigenvalue weighted by molar-refractivity contribution is 5.68. The van der Waals surface area contributed by atoms with E-state index in [1.165, 1.54) is 0 Å². The standard InChI is InChI=1S/C21H22N2O5/c1-4-27-21(24)23-12-15-9-18(25-2)19(26-3)10-17(15)20(13-23)28-16-7-5-14(11-22)6-8-16/h5-10,20H,4,12-13H2,1-3H3. The second kappa shape index (κ2) is 8.53. The predicted octanol–water partition coefficient (Wildman–Crippen LogP) is 3.67. The number of nitrogens with zero attached hydrogens (tertiary/aromatic N) is 2. The van der Waals surface area contributed by atoms with Crippen molar-refractivity contribution in [3.63, 3.8) is 0 Å². The molecule has 146 valence electrons. The van der Waals surface area contributed by atoms with Gasteiger partial charge in [-0.2, -0.15) is 5.26 Å². The lowest BCUT2D eigenvalue weighted by atomic mass is 9.96. The van der Waals surface area contributed by atoms with E-state index in [2.05, 4.69) is 6.07 Å². The molecule has 0 bridgehead atoms. The molecule has 1 atom stereocenters. The van der Waals surface area contributed by atoms with Gasteiger partial charge in [0.15, 0.2) is 11.5 Å². The van der Waals surface area contributed by atoms with Gasteiger partial charge in [0.1, 0.15) is 11.9 Å². The summed E-state index contributed by atoms with van der Waals surface area (Å²) in [5.74, 6) is 1.79. The van der Waals surface area contributed by atoms with Crippen LogP contribution in [-0.4, -0.2) is 38.4 Å². The Bertz CT molecular complexity index is 889. The van der Waals surface area contributed by atoms with E-state index in [1.807, 2.05) is 12.1 Å². The van der Waals surface area contributed by atoms with Gasteiger partial charge in [-0.1, -0.05) is 0 Å². The first kappa shape index (κ1) is 19.4. The molecule has 2 aromatic rings. The zero-order valence-electron chi connectivity index (χ0n) is 16.1. The minimum Gasteiger partial charge on any atom is -0.493 e. The Balaban J connectivity index is 1.96. The molecule has 0 saturated heterocycles. The van der Waals surface area contributed by atoms with Crippen LogP contribution in [0.3, 0.4) is 0 Å². The lowest BCUT2D eigenvalue weighted by Gasteiger charge is -2.34. The number of hydrogen-bond donors (Lipinski definition) is 0. The van der Waals surface area contributed by atoms with E-state index in [9.17, 15) is 4.79 Å². The molecule has 0 aliphatic carbocycles. The fourth-order valence-electron chi connectivity index (χ4n) is 3.17. The molecule has 2 aromatic carbocycles. The van der Waals surface area contributed by atoms with Gasteiger partial charge in [0.05, 0.1) is 39.0 Å². The van der Waals surface area contributed by atoms with Gasteiger partial charge in [-0.3, -0.25) is 4.90 Å². The Labute approximate surface area is 164 Å². The van der Waals surface area contributed by atoms with Crippen LogP contribution in [0.2, 0.25) is 0 Å². The van der Waals surface area contributed by atoms with Crippen molar-refractivity contribution in [2.24, 2.45) is 0 Å². The molecule has 1 heterocycles. The molecule has 0 spiro atoms. The molecule has 0 saturated carbocycles. The molecule has 0 radical (unpaired) electrons. The van der Waals surface area contributed by atoms with E-state index in [4.69, 9.17) is 24.2 Å². The number of amides is 1. The summed E-state index contributed by atoms with van der Waals surface area (Å²) in [6, 6.07) is 12.7. The first-order valence-corrected chi connectivity index (χ1v) is 8.92. The van der Waals surface area contributed by atoms with Crippen molar-refractivity contribution in [3.05, 3.63) is 53.1 Å². The third kappa shape index (κ3) is 3.96. The zero-order valence-corrected chi connectivity index (χ0v) is 16.1. The number of benzene rings is 2. The van der Waals surface area contributed by atoms with Gasteiger partial charge in [-0.05, 0) is 48.9 Å². The van der Waals surface area contributed by atoms with Gasteiger partial charge in [0.25, 0.3) is 0 Å². The van der Waals surface area contributed by atoms with E-state index >= 15 is 0 Å². The van der Waals surface area contributed by atoms with Crippen molar-refractivity contribution in [2.45, 2.75) is 19.6 Å². The quantitative estimate of drug-likeness (QED) is 0.785. The zero-order chi connectivity index (χ0) is 20.1. The highest BCUT2D eigenvalue weighted by Gasteiger charge is 2.32. The largest absolute Gasteiger partial charge is 0.493 e. The van der Waals surface area contributed by atoms with Crippen LogP contribution in [0.4, 0.5) is 4.79 Å². The van der Waals surface area contributed by atoms with E-state index in [-0.39, 0.29) is 0 Å². The van der Waals surface area contributed by atoms with Gasteiger partial charge >= 0.3 is 6.09 Å². The maximum absolute atomic E-state index is 12.3. The Morgan fingerprint density at radius 1 is 1.18 bits per heavy atom. The fraction of sp³-hybridized carbons (Fsp3) is 0.333. The molecule has 28 heavy (non-hydrogen) atoms. The van der Waals surface area contributed by atoms with Gasteiger partial charge in [0.2, 0.25) is 0 Å². The smallest absolute Gasteiger partial charge is 0.410 e. The number of rotatable bonds is 5. The molecule has 3 rings (SSSR count). The summed E-state index contributed by atoms with van der Waals surface area (Å²) < 4.78 is 22.1. The molecule has 1 aliphatic rings. The van der Waals surface area contributed by atoms with Crippen LogP contribution in [0.1, 0.15) is 29.7 Å². The highest BCUT2D eigenvalue weighted by atomic mass is 16.6. The van der Waals surface area contributed by atoms with Crippen molar-refractivity contribution in [1.82, 2.24) is 4.90 Å². The summed E-state index contributed by atoms with van der Waals surface area (Å²) in [6.07, 6.45) is -0.808. The molecule has 7 nitrogen and oxygen atoms in total. The molecule has 0 N–H and O–H groups in total. The lowest BCUT2D eigenvalue weighted by molar-refractivity contribution is 0.0716. The molecule has 1 aliphatic heterocycles. The van der Waals surface area contributed by atoms with Crippen molar-refractivity contribution >= 4 is 6.09 Å². The van der Waals surface area contributed by atoms with Crippen molar-refractivity contribution in [2.75, 3.05) is 27.4 Å². The van der Waals surface area contributed by atoms with E-state index in [1.54, 1.807) is 50.3 Å². The molecule has 1 unspecified atom stereocenters. The number of carbonyl (C=O) groups is 1. The maximum atomic E-state index is 12.3. The number of ether oxygens (including phenoxy) is 4. The summed E-state index contributed by atoms with van der Waals surface area (Å²) in [5, 5.41) is 8.96. The van der Waals surface area contributed by atoms with Crippen LogP contribution in [-0.2, 0) is 11.3 Å². The monoisotopic (exact) mass is 382 g/mol. The van der Waals surface area contributed by atoms with Crippen molar-refractivity contribution in [1.29, 1.82) is 5.26 Å². The summed E-state index contributed by atoms with van der Waals surface area (Å²) in [4.78, 5) is 13.9. The van der Waals surface area contributed by atoms with Crippen LogP contribution in [0, 0.1) is 11.3 Å². The summed E-state index contributed by atoms with van der Waals surface area (Å²) >= 11 is 0. The first-order valence-electron chi connectivity index (χ1n) is 8.92. The van der Waals surface area contributed by atoms with E-state index in [0.717, 1.165) is 11.1 Å². The molecule has 1 amide bonds. The number of fused-ring (bicyclic) bond motifs is 1. The number of methoxy groups -OCH3 is 2. The number of hydrogen-bond acceptors (Lipinski definition) is 6. The SMILES string of the molecule is CCOC(=O)N1Cc2cc(OC)c(OC)cc2C(Oc2ccc(C#N)cc2)C1. The molecule has 0 aromatic heterocycles. The normalized spacial score (nSPS) is 15.2. The fourth-order valence-corrected chi connectivity index (χ4v) is 3.17. The van der Waals surface area contributed by atoms with Gasteiger partial charge in [0, 0.05) is 12.1 Å². The van der Waals surface area contributed by atoms with Crippen molar-refractivity contribution in [3.8, 4) is 23.3 Å². The second-order valence-corrected chi connectivity index (χ2v) is 6.23. The minimum atomic E-state index is -0.416. The van der Waals surface area contributed by atoms with Gasteiger partial charge < -0.3 is 18.9 Å². The maximum Gasteiger partial charge on any atom is 0.410 e. The molecular formula is C21H22N2O5. The van der Waals surface area contributed by atoms with Crippen LogP contribution in [0.15, 0.2) is 36.4 Å². The first-order chi connectivity index (χ1) is 13.6. The summed E-state index contributed by atoms with van der Waals surface area (Å²) in [7, 11) is 3.15. The minimum absolute atomic E-state index is 0.301. The average Bonchev–Trinajstić information content (AvgIpc) is 2.73. The van der Waals surface area contributed by atoms with Gasteiger partial charge in [-0.15, -0.1) is 0 Å². The van der Waals surface area contributed by atoms with Crippen LogP contribution in [0.5, 0.6) is 17.2 Å². The van der Waals surface area contributed by atoms with Gasteiger partial charge in [-0.25, -0.2) is 4.79 Å². The van der Waals surface area contributed by atoms with Crippen LogP contribution in [0.25, 0.3) is 0 Å². The third-order valence-electron chi connectivity index (χ3n) is 4.53. The number of nitriles is 1. The van der Waals surface area contributed by atoms with Crippen LogP contribution >= 0.6 is 0 Å². The topological polar surface area (TPSA) is 81.0 Å². The average molecular weight is 382 g/mol. The number of carbonyl (C=O) groups excluding carboxylic acids is 1. The van der Waals surface area contributed by atoms with Crippen LogP contribution < -0.4 is 14.2 Å². The second-order valence-electron chi connectivity index (χ2n) is 6.23. The Kier molecular flexibility index (Phi) is 5.90. The Morgan fingerprint density at radius 3 is 2.46 bits per heavy atom. The van der Waals surface area contributed by atoms with E-state index in [0.29, 0.717) is 42.5 Å². The lowest BCUT2D eigenvalue weighted by Crippen LogP contribution is -2.40. The molecular weight excluding hydrogens is 360 g/mol.